The van der Waals surface area contributed by atoms with Crippen molar-refractivity contribution in [1.82, 2.24) is 4.31 Å². The van der Waals surface area contributed by atoms with Gasteiger partial charge in [0.25, 0.3) is 0 Å². The van der Waals surface area contributed by atoms with Gasteiger partial charge in [-0.3, -0.25) is 4.72 Å². The monoisotopic (exact) mass is 372 g/mol. The number of aliphatic hydroxyl groups is 1. The number of hydrogen-bond donors (Lipinski definition) is 2. The highest BCUT2D eigenvalue weighted by Crippen LogP contribution is 2.35. The predicted octanol–water partition coefficient (Wildman–Crippen LogP) is 3.01. The molecule has 9 heteroatoms. The fraction of sp³-hybridized carbons (Fsp3) is 0.500. The summed E-state index contributed by atoms with van der Waals surface area (Å²) in [5.41, 5.74) is 0.105. The number of anilines is 1. The topological polar surface area (TPSA) is 69.6 Å². The summed E-state index contributed by atoms with van der Waals surface area (Å²) in [6.07, 6.45) is 1.51. The normalized spacial score (nSPS) is 20.5. The maximum atomic E-state index is 12.4. The van der Waals surface area contributed by atoms with Gasteiger partial charge in [0.15, 0.2) is 0 Å². The van der Waals surface area contributed by atoms with Gasteiger partial charge in [0.1, 0.15) is 0 Å². The first-order valence-corrected chi connectivity index (χ1v) is 8.94. The summed E-state index contributed by atoms with van der Waals surface area (Å²) < 4.78 is 28.5. The predicted molar refractivity (Wildman–Crippen MR) is 85.4 cm³/mol. The van der Waals surface area contributed by atoms with E-state index in [4.69, 9.17) is 34.8 Å². The Hall–Kier alpha value is -0.240. The molecule has 0 aliphatic carbocycles. The second-order valence-corrected chi connectivity index (χ2v) is 7.82. The van der Waals surface area contributed by atoms with E-state index in [9.17, 15) is 13.5 Å². The molecule has 1 saturated heterocycles. The fourth-order valence-corrected chi connectivity index (χ4v) is 4.63. The molecule has 0 saturated carbocycles. The highest BCUT2D eigenvalue weighted by molar-refractivity contribution is 7.90. The van der Waals surface area contributed by atoms with E-state index in [-0.39, 0.29) is 34.8 Å². The second kappa shape index (κ2) is 6.89. The number of hydrogen-bond acceptors (Lipinski definition) is 3. The number of piperidine rings is 1. The van der Waals surface area contributed by atoms with Crippen molar-refractivity contribution in [2.75, 3.05) is 24.4 Å². The summed E-state index contributed by atoms with van der Waals surface area (Å²) in [6.45, 7) is 0.637. The minimum atomic E-state index is -3.78. The molecule has 1 heterocycles. The fourth-order valence-electron chi connectivity index (χ4n) is 2.23. The Morgan fingerprint density at radius 3 is 2.48 bits per heavy atom. The SMILES string of the molecule is O=S(=O)(Nc1c(Cl)cc(Cl)cc1Cl)N1CCCC(CO)C1. The maximum Gasteiger partial charge on any atom is 0.301 e. The Labute approximate surface area is 139 Å². The van der Waals surface area contributed by atoms with E-state index >= 15 is 0 Å². The van der Waals surface area contributed by atoms with Gasteiger partial charge < -0.3 is 5.11 Å². The molecule has 0 radical (unpaired) electrons. The van der Waals surface area contributed by atoms with E-state index in [0.29, 0.717) is 18.0 Å². The van der Waals surface area contributed by atoms with Crippen molar-refractivity contribution < 1.29 is 13.5 Å². The van der Waals surface area contributed by atoms with E-state index in [1.165, 1.54) is 16.4 Å². The Balaban J connectivity index is 2.22. The molecular formula is C12H15Cl3N2O3S. The number of benzene rings is 1. The summed E-state index contributed by atoms with van der Waals surface area (Å²) in [7, 11) is -3.78. The average molecular weight is 374 g/mol. The average Bonchev–Trinajstić information content (AvgIpc) is 2.43. The van der Waals surface area contributed by atoms with Crippen LogP contribution in [0.4, 0.5) is 5.69 Å². The first-order valence-electron chi connectivity index (χ1n) is 6.37. The minimum Gasteiger partial charge on any atom is -0.396 e. The molecule has 21 heavy (non-hydrogen) atoms. The van der Waals surface area contributed by atoms with Crippen LogP contribution in [-0.2, 0) is 10.2 Å². The van der Waals surface area contributed by atoms with Crippen LogP contribution in [-0.4, -0.2) is 37.5 Å². The molecular weight excluding hydrogens is 359 g/mol. The summed E-state index contributed by atoms with van der Waals surface area (Å²) in [5, 5.41) is 9.77. The van der Waals surface area contributed by atoms with Crippen molar-refractivity contribution in [2.24, 2.45) is 5.92 Å². The summed E-state index contributed by atoms with van der Waals surface area (Å²) in [5.74, 6) is -0.0495. The van der Waals surface area contributed by atoms with Gasteiger partial charge in [-0.05, 0) is 30.9 Å². The number of aliphatic hydroxyl groups excluding tert-OH is 1. The van der Waals surface area contributed by atoms with Crippen molar-refractivity contribution in [2.45, 2.75) is 12.8 Å². The standard InChI is InChI=1S/C12H15Cl3N2O3S/c13-9-4-10(14)12(11(15)5-9)16-21(19,20)17-3-1-2-8(6-17)7-18/h4-5,8,16,18H,1-3,6-7H2. The zero-order chi connectivity index (χ0) is 15.6. The van der Waals surface area contributed by atoms with Crippen molar-refractivity contribution in [3.8, 4) is 0 Å². The third-order valence-electron chi connectivity index (χ3n) is 3.32. The van der Waals surface area contributed by atoms with Gasteiger partial charge in [-0.2, -0.15) is 12.7 Å². The first-order chi connectivity index (χ1) is 9.83. The van der Waals surface area contributed by atoms with E-state index in [2.05, 4.69) is 4.72 Å². The van der Waals surface area contributed by atoms with Gasteiger partial charge in [0.2, 0.25) is 0 Å². The van der Waals surface area contributed by atoms with E-state index in [1.54, 1.807) is 0 Å². The largest absolute Gasteiger partial charge is 0.396 e. The zero-order valence-electron chi connectivity index (χ0n) is 11.0. The van der Waals surface area contributed by atoms with Crippen LogP contribution in [0.3, 0.4) is 0 Å². The lowest BCUT2D eigenvalue weighted by Gasteiger charge is -2.31. The first kappa shape index (κ1) is 17.1. The van der Waals surface area contributed by atoms with E-state index in [0.717, 1.165) is 6.42 Å². The van der Waals surface area contributed by atoms with Crippen LogP contribution < -0.4 is 4.72 Å². The lowest BCUT2D eigenvalue weighted by Crippen LogP contribution is -2.43. The quantitative estimate of drug-likeness (QED) is 0.852. The summed E-state index contributed by atoms with van der Waals surface area (Å²) in [6, 6.07) is 2.83. The molecule has 1 aliphatic rings. The van der Waals surface area contributed by atoms with Crippen molar-refractivity contribution >= 4 is 50.7 Å². The van der Waals surface area contributed by atoms with Gasteiger partial charge in [0, 0.05) is 24.7 Å². The van der Waals surface area contributed by atoms with E-state index < -0.39 is 10.2 Å². The highest BCUT2D eigenvalue weighted by atomic mass is 35.5. The third-order valence-corrected chi connectivity index (χ3v) is 5.61. The van der Waals surface area contributed by atoms with Crippen LogP contribution in [0.5, 0.6) is 0 Å². The molecule has 2 N–H and O–H groups in total. The van der Waals surface area contributed by atoms with Crippen LogP contribution in [0.15, 0.2) is 12.1 Å². The maximum absolute atomic E-state index is 12.4. The third kappa shape index (κ3) is 4.15. The molecule has 5 nitrogen and oxygen atoms in total. The Morgan fingerprint density at radius 2 is 1.90 bits per heavy atom. The van der Waals surface area contributed by atoms with Crippen LogP contribution in [0.2, 0.25) is 15.1 Å². The van der Waals surface area contributed by atoms with Crippen molar-refractivity contribution in [3.63, 3.8) is 0 Å². The van der Waals surface area contributed by atoms with Crippen molar-refractivity contribution in [3.05, 3.63) is 27.2 Å². The molecule has 0 aromatic heterocycles. The summed E-state index contributed by atoms with van der Waals surface area (Å²) >= 11 is 17.8. The molecule has 1 aromatic rings. The van der Waals surface area contributed by atoms with Crippen LogP contribution >= 0.6 is 34.8 Å². The van der Waals surface area contributed by atoms with Crippen LogP contribution in [0.25, 0.3) is 0 Å². The van der Waals surface area contributed by atoms with E-state index in [1.807, 2.05) is 0 Å². The highest BCUT2D eigenvalue weighted by Gasteiger charge is 2.29. The Kier molecular flexibility index (Phi) is 5.62. The van der Waals surface area contributed by atoms with Crippen molar-refractivity contribution in [1.29, 1.82) is 0 Å². The van der Waals surface area contributed by atoms with Gasteiger partial charge in [-0.1, -0.05) is 34.8 Å². The molecule has 1 unspecified atom stereocenters. The molecule has 0 bridgehead atoms. The molecule has 1 atom stereocenters. The molecule has 2 rings (SSSR count). The van der Waals surface area contributed by atoms with Gasteiger partial charge in [-0.25, -0.2) is 0 Å². The smallest absolute Gasteiger partial charge is 0.301 e. The lowest BCUT2D eigenvalue weighted by molar-refractivity contribution is 0.166. The molecule has 1 aromatic carbocycles. The number of rotatable bonds is 4. The minimum absolute atomic E-state index is 0.0333. The molecule has 0 amide bonds. The van der Waals surface area contributed by atoms with Gasteiger partial charge in [-0.15, -0.1) is 0 Å². The van der Waals surface area contributed by atoms with Crippen LogP contribution in [0, 0.1) is 5.92 Å². The second-order valence-electron chi connectivity index (χ2n) is 4.90. The molecule has 1 aliphatic heterocycles. The molecule has 1 fully saturated rings. The Bertz CT molecular complexity index is 601. The molecule has 0 spiro atoms. The van der Waals surface area contributed by atoms with Crippen LogP contribution in [0.1, 0.15) is 12.8 Å². The van der Waals surface area contributed by atoms with Gasteiger partial charge in [0.05, 0.1) is 15.7 Å². The number of nitrogens with one attached hydrogen (secondary N) is 1. The zero-order valence-corrected chi connectivity index (χ0v) is 14.1. The van der Waals surface area contributed by atoms with Gasteiger partial charge >= 0.3 is 10.2 Å². The molecule has 118 valence electrons. The Morgan fingerprint density at radius 1 is 1.29 bits per heavy atom. The number of halogens is 3. The lowest BCUT2D eigenvalue weighted by atomic mass is 10.0. The summed E-state index contributed by atoms with van der Waals surface area (Å²) in [4.78, 5) is 0. The number of nitrogens with zero attached hydrogens (tertiary/aromatic N) is 1.